The van der Waals surface area contributed by atoms with Gasteiger partial charge in [-0.1, -0.05) is 28.9 Å². The van der Waals surface area contributed by atoms with E-state index in [9.17, 15) is 20.4 Å². The molecule has 9 heteroatoms. The van der Waals surface area contributed by atoms with E-state index in [-0.39, 0.29) is 6.54 Å². The summed E-state index contributed by atoms with van der Waals surface area (Å²) in [6, 6.07) is 7.15. The molecule has 2 aromatic rings. The summed E-state index contributed by atoms with van der Waals surface area (Å²) >= 11 is 5.95. The first-order valence-corrected chi connectivity index (χ1v) is 7.84. The maximum absolute atomic E-state index is 10.0. The number of halogens is 1. The zero-order valence-electron chi connectivity index (χ0n) is 12.6. The first-order chi connectivity index (χ1) is 11.5. The summed E-state index contributed by atoms with van der Waals surface area (Å²) in [4.78, 5) is 0. The van der Waals surface area contributed by atoms with Gasteiger partial charge in [-0.3, -0.25) is 0 Å². The van der Waals surface area contributed by atoms with Crippen LogP contribution in [0.1, 0.15) is 0 Å². The summed E-state index contributed by atoms with van der Waals surface area (Å²) in [7, 11) is 0. The second kappa shape index (κ2) is 7.14. The Morgan fingerprint density at radius 2 is 1.88 bits per heavy atom. The molecule has 2 heterocycles. The van der Waals surface area contributed by atoms with Crippen molar-refractivity contribution in [2.24, 2.45) is 0 Å². The summed E-state index contributed by atoms with van der Waals surface area (Å²) in [6.07, 6.45) is -4.20. The first-order valence-electron chi connectivity index (χ1n) is 7.46. The van der Waals surface area contributed by atoms with E-state index < -0.39 is 37.1 Å². The molecule has 0 bridgehead atoms. The largest absolute Gasteiger partial charge is 0.394 e. The van der Waals surface area contributed by atoms with Crippen LogP contribution >= 0.6 is 11.6 Å². The molecule has 24 heavy (non-hydrogen) atoms. The first kappa shape index (κ1) is 17.3. The zero-order valence-corrected chi connectivity index (χ0v) is 13.4. The van der Waals surface area contributed by atoms with Gasteiger partial charge in [-0.15, -0.1) is 5.10 Å². The molecule has 1 aliphatic heterocycles. The molecule has 0 spiro atoms. The predicted octanol–water partition coefficient (Wildman–Crippen LogP) is -0.559. The molecule has 1 saturated heterocycles. The van der Waals surface area contributed by atoms with Crippen molar-refractivity contribution >= 4 is 11.6 Å². The van der Waals surface area contributed by atoms with E-state index in [1.54, 1.807) is 24.4 Å². The molecule has 0 radical (unpaired) electrons. The van der Waals surface area contributed by atoms with Gasteiger partial charge in [0.2, 0.25) is 0 Å². The fourth-order valence-corrected chi connectivity index (χ4v) is 2.87. The third-order valence-electron chi connectivity index (χ3n) is 4.02. The van der Waals surface area contributed by atoms with Crippen LogP contribution in [0.4, 0.5) is 0 Å². The van der Waals surface area contributed by atoms with Gasteiger partial charge >= 0.3 is 0 Å². The monoisotopic (exact) mass is 355 g/mol. The molecule has 130 valence electrons. The average Bonchev–Trinajstić information content (AvgIpc) is 3.04. The van der Waals surface area contributed by atoms with Gasteiger partial charge in [-0.05, 0) is 12.1 Å². The van der Waals surface area contributed by atoms with Crippen LogP contribution in [0.5, 0.6) is 0 Å². The molecule has 0 aliphatic carbocycles. The molecule has 0 unspecified atom stereocenters. The van der Waals surface area contributed by atoms with Crippen LogP contribution in [0, 0.1) is 0 Å². The highest BCUT2D eigenvalue weighted by atomic mass is 35.5. The number of hydrogen-bond donors (Lipinski definition) is 4. The van der Waals surface area contributed by atoms with E-state index in [2.05, 4.69) is 10.3 Å². The fourth-order valence-electron chi connectivity index (χ4n) is 2.68. The highest BCUT2D eigenvalue weighted by molar-refractivity contribution is 6.30. The number of ether oxygens (including phenoxy) is 1. The number of hydrogen-bond acceptors (Lipinski definition) is 7. The van der Waals surface area contributed by atoms with Gasteiger partial charge in [0.1, 0.15) is 36.2 Å². The van der Waals surface area contributed by atoms with E-state index in [1.807, 2.05) is 6.07 Å². The van der Waals surface area contributed by atoms with E-state index >= 15 is 0 Å². The number of rotatable bonds is 4. The normalized spacial score (nSPS) is 30.5. The average molecular weight is 356 g/mol. The predicted molar refractivity (Wildman–Crippen MR) is 84.2 cm³/mol. The highest BCUT2D eigenvalue weighted by Gasteiger charge is 2.43. The molecule has 8 nitrogen and oxygen atoms in total. The van der Waals surface area contributed by atoms with Crippen molar-refractivity contribution in [3.05, 3.63) is 35.5 Å². The van der Waals surface area contributed by atoms with Gasteiger partial charge in [0.25, 0.3) is 0 Å². The molecule has 1 aromatic carbocycles. The SMILES string of the molecule is OC[C@H]1O[C@H](Cn2cc(-c3cccc(Cl)c3)nn2)[C@@H](O)[C@@H](O)[C@@H]1O. The molecule has 1 fully saturated rings. The smallest absolute Gasteiger partial charge is 0.113 e. The van der Waals surface area contributed by atoms with Crippen molar-refractivity contribution in [2.75, 3.05) is 6.61 Å². The minimum atomic E-state index is -1.41. The number of nitrogens with zero attached hydrogens (tertiary/aromatic N) is 3. The minimum absolute atomic E-state index is 0.106. The number of aliphatic hydroxyl groups excluding tert-OH is 4. The Hall–Kier alpha value is -1.55. The lowest BCUT2D eigenvalue weighted by atomic mass is 9.95. The molecular formula is C15H18ClN3O5. The Kier molecular flexibility index (Phi) is 5.14. The Morgan fingerprint density at radius 1 is 1.12 bits per heavy atom. The van der Waals surface area contributed by atoms with Crippen molar-refractivity contribution in [1.82, 2.24) is 15.0 Å². The standard InChI is InChI=1S/C15H18ClN3O5/c16-9-3-1-2-8(4-9)10-5-19(18-17-10)6-11-13(21)15(23)14(22)12(7-20)24-11/h1-5,11-15,20-23H,6-7H2/t11-,12-,13-,14-,15-/m1/s1. The van der Waals surface area contributed by atoms with Crippen LogP contribution in [-0.2, 0) is 11.3 Å². The summed E-state index contributed by atoms with van der Waals surface area (Å²) < 4.78 is 6.91. The number of benzene rings is 1. The van der Waals surface area contributed by atoms with Gasteiger partial charge in [-0.2, -0.15) is 0 Å². The summed E-state index contributed by atoms with van der Waals surface area (Å²) in [5, 5.41) is 47.4. The Labute approximate surface area is 142 Å². The van der Waals surface area contributed by atoms with Crippen LogP contribution in [0.2, 0.25) is 5.02 Å². The number of aliphatic hydroxyl groups is 4. The molecule has 0 saturated carbocycles. The van der Waals surface area contributed by atoms with Crippen LogP contribution in [0.15, 0.2) is 30.5 Å². The van der Waals surface area contributed by atoms with E-state index in [4.69, 9.17) is 16.3 Å². The van der Waals surface area contributed by atoms with Gasteiger partial charge in [0, 0.05) is 10.6 Å². The van der Waals surface area contributed by atoms with Gasteiger partial charge in [-0.25, -0.2) is 4.68 Å². The molecular weight excluding hydrogens is 338 g/mol. The lowest BCUT2D eigenvalue weighted by Crippen LogP contribution is -2.59. The lowest BCUT2D eigenvalue weighted by molar-refractivity contribution is -0.232. The second-order valence-corrected chi connectivity index (χ2v) is 6.14. The Morgan fingerprint density at radius 3 is 2.58 bits per heavy atom. The maximum atomic E-state index is 10.0. The van der Waals surface area contributed by atoms with Crippen LogP contribution < -0.4 is 0 Å². The summed E-state index contributed by atoms with van der Waals surface area (Å²) in [5.41, 5.74) is 1.39. The Bertz CT molecular complexity index is 695. The summed E-state index contributed by atoms with van der Waals surface area (Å²) in [5.74, 6) is 0. The topological polar surface area (TPSA) is 121 Å². The quantitative estimate of drug-likeness (QED) is 0.580. The molecule has 3 rings (SSSR count). The number of aromatic nitrogens is 3. The van der Waals surface area contributed by atoms with Crippen molar-refractivity contribution < 1.29 is 25.2 Å². The summed E-state index contributed by atoms with van der Waals surface area (Å²) in [6.45, 7) is -0.360. The van der Waals surface area contributed by atoms with E-state index in [0.29, 0.717) is 10.7 Å². The molecule has 1 aliphatic rings. The van der Waals surface area contributed by atoms with Crippen molar-refractivity contribution in [2.45, 2.75) is 37.1 Å². The molecule has 1 aromatic heterocycles. The fraction of sp³-hybridized carbons (Fsp3) is 0.467. The molecule has 5 atom stereocenters. The van der Waals surface area contributed by atoms with Crippen LogP contribution in [0.3, 0.4) is 0 Å². The van der Waals surface area contributed by atoms with Gasteiger partial charge in [0.05, 0.1) is 19.3 Å². The third-order valence-corrected chi connectivity index (χ3v) is 4.25. The second-order valence-electron chi connectivity index (χ2n) is 5.70. The van der Waals surface area contributed by atoms with Gasteiger partial charge in [0.15, 0.2) is 0 Å². The van der Waals surface area contributed by atoms with Crippen LogP contribution in [0.25, 0.3) is 11.3 Å². The Balaban J connectivity index is 1.74. The van der Waals surface area contributed by atoms with Crippen molar-refractivity contribution in [1.29, 1.82) is 0 Å². The third kappa shape index (κ3) is 3.44. The lowest BCUT2D eigenvalue weighted by Gasteiger charge is -2.39. The van der Waals surface area contributed by atoms with E-state index in [1.165, 1.54) is 4.68 Å². The van der Waals surface area contributed by atoms with Gasteiger partial charge < -0.3 is 25.2 Å². The molecule has 4 N–H and O–H groups in total. The van der Waals surface area contributed by atoms with Crippen molar-refractivity contribution in [3.8, 4) is 11.3 Å². The van der Waals surface area contributed by atoms with Crippen LogP contribution in [-0.4, -0.2) is 72.5 Å². The maximum Gasteiger partial charge on any atom is 0.113 e. The minimum Gasteiger partial charge on any atom is -0.394 e. The van der Waals surface area contributed by atoms with E-state index in [0.717, 1.165) is 5.56 Å². The molecule has 0 amide bonds. The van der Waals surface area contributed by atoms with Crippen molar-refractivity contribution in [3.63, 3.8) is 0 Å². The highest BCUT2D eigenvalue weighted by Crippen LogP contribution is 2.23. The zero-order chi connectivity index (χ0) is 17.3.